The molecule has 0 aromatic rings. The van der Waals surface area contributed by atoms with E-state index in [1.54, 1.807) is 0 Å². The van der Waals surface area contributed by atoms with Crippen molar-refractivity contribution in [1.82, 2.24) is 0 Å². The zero-order valence-electron chi connectivity index (χ0n) is 3.83. The van der Waals surface area contributed by atoms with Crippen LogP contribution in [-0.2, 0) is 0 Å². The van der Waals surface area contributed by atoms with Gasteiger partial charge in [0.1, 0.15) is 0 Å². The maximum absolute atomic E-state index is 11.2. The Morgan fingerprint density at radius 3 is 2.00 bits per heavy atom. The average molecular weight is 211 g/mol. The summed E-state index contributed by atoms with van der Waals surface area (Å²) in [5.41, 5.74) is 0. The molecule has 0 aliphatic rings. The molecule has 0 atom stereocenters. The van der Waals surface area contributed by atoms with Gasteiger partial charge in [0.05, 0.1) is 0 Å². The van der Waals surface area contributed by atoms with Gasteiger partial charge in [0.15, 0.2) is 0 Å². The standard InChI is InChI=1S/C3H4ClF3Se/c4-1-2-8-3(5,6)7/h1-2H2. The summed E-state index contributed by atoms with van der Waals surface area (Å²) in [6.45, 7) is 0. The van der Waals surface area contributed by atoms with Crippen molar-refractivity contribution in [1.29, 1.82) is 0 Å². The summed E-state index contributed by atoms with van der Waals surface area (Å²) in [6.07, 6.45) is 0. The van der Waals surface area contributed by atoms with Crippen LogP contribution in [0.15, 0.2) is 0 Å². The molecule has 0 aromatic carbocycles. The first-order valence-electron chi connectivity index (χ1n) is 1.83. The van der Waals surface area contributed by atoms with E-state index in [1.165, 1.54) is 0 Å². The van der Waals surface area contributed by atoms with E-state index in [2.05, 4.69) is 0 Å². The Balaban J connectivity index is 3.11. The zero-order valence-corrected chi connectivity index (χ0v) is 6.30. The van der Waals surface area contributed by atoms with Crippen LogP contribution in [0.1, 0.15) is 0 Å². The van der Waals surface area contributed by atoms with Crippen molar-refractivity contribution in [2.75, 3.05) is 5.88 Å². The molecule has 0 bridgehead atoms. The van der Waals surface area contributed by atoms with E-state index in [0.29, 0.717) is 0 Å². The molecule has 0 rings (SSSR count). The molecule has 0 aliphatic carbocycles. The molecule has 0 saturated heterocycles. The normalized spacial score (nSPS) is 12.0. The third-order valence-corrected chi connectivity index (χ3v) is 2.58. The molecule has 0 radical (unpaired) electrons. The molecule has 0 amide bonds. The third-order valence-electron chi connectivity index (χ3n) is 0.343. The van der Waals surface area contributed by atoms with Crippen LogP contribution in [0.4, 0.5) is 13.2 Å². The second-order valence-corrected chi connectivity index (χ2v) is 3.79. The van der Waals surface area contributed by atoms with E-state index < -0.39 is 20.0 Å². The maximum atomic E-state index is 11.2. The van der Waals surface area contributed by atoms with E-state index in [1.807, 2.05) is 0 Å². The summed E-state index contributed by atoms with van der Waals surface area (Å²) in [4.78, 5) is 0. The molecule has 0 aliphatic heterocycles. The van der Waals surface area contributed by atoms with Crippen molar-refractivity contribution in [3.63, 3.8) is 0 Å². The Bertz CT molecular complexity index is 62.0. The Morgan fingerprint density at radius 2 is 1.88 bits per heavy atom. The van der Waals surface area contributed by atoms with E-state index in [-0.39, 0.29) is 11.2 Å². The van der Waals surface area contributed by atoms with Crippen molar-refractivity contribution >= 4 is 26.6 Å². The van der Waals surface area contributed by atoms with Gasteiger partial charge in [-0.25, -0.2) is 0 Å². The van der Waals surface area contributed by atoms with E-state index >= 15 is 0 Å². The molecule has 0 fully saturated rings. The molecule has 0 spiro atoms. The summed E-state index contributed by atoms with van der Waals surface area (Å²) in [6, 6.07) is 0. The topological polar surface area (TPSA) is 0 Å². The van der Waals surface area contributed by atoms with Gasteiger partial charge in [-0.05, 0) is 0 Å². The molecule has 0 heterocycles. The summed E-state index contributed by atoms with van der Waals surface area (Å²) in [5.74, 6) is 0.111. The predicted octanol–water partition coefficient (Wildman–Crippen LogP) is 1.87. The van der Waals surface area contributed by atoms with Crippen LogP contribution in [-0.4, -0.2) is 25.9 Å². The van der Waals surface area contributed by atoms with Crippen molar-refractivity contribution < 1.29 is 13.2 Å². The zero-order chi connectivity index (χ0) is 6.62. The van der Waals surface area contributed by atoms with Crippen LogP contribution in [0, 0.1) is 0 Å². The molecule has 0 unspecified atom stereocenters. The van der Waals surface area contributed by atoms with Crippen molar-refractivity contribution in [2.24, 2.45) is 0 Å². The molecule has 0 nitrogen and oxygen atoms in total. The minimum absolute atomic E-state index is 0.0814. The molecule has 0 aromatic heterocycles. The summed E-state index contributed by atoms with van der Waals surface area (Å²) >= 11 is 3.75. The molecule has 8 heavy (non-hydrogen) atoms. The van der Waals surface area contributed by atoms with Gasteiger partial charge in [-0.2, -0.15) is 0 Å². The first kappa shape index (κ1) is 8.60. The SMILES string of the molecule is FC(F)(F)[Se]CCCl. The van der Waals surface area contributed by atoms with Gasteiger partial charge in [-0.3, -0.25) is 0 Å². The monoisotopic (exact) mass is 212 g/mol. The van der Waals surface area contributed by atoms with Crippen LogP contribution in [0.25, 0.3) is 0 Å². The van der Waals surface area contributed by atoms with Crippen molar-refractivity contribution in [2.45, 2.75) is 10.4 Å². The van der Waals surface area contributed by atoms with Crippen molar-refractivity contribution in [3.05, 3.63) is 0 Å². The van der Waals surface area contributed by atoms with Crippen LogP contribution in [0.3, 0.4) is 0 Å². The average Bonchev–Trinajstić information content (AvgIpc) is 1.59. The van der Waals surface area contributed by atoms with Crippen LogP contribution >= 0.6 is 11.6 Å². The second-order valence-electron chi connectivity index (χ2n) is 0.983. The fourth-order valence-electron chi connectivity index (χ4n) is 0.154. The number of rotatable bonds is 2. The Kier molecular flexibility index (Phi) is 3.86. The molecular formula is C3H4ClF3Se. The number of hydrogen-bond acceptors (Lipinski definition) is 0. The molecular weight excluding hydrogens is 207 g/mol. The molecule has 50 valence electrons. The Morgan fingerprint density at radius 1 is 1.38 bits per heavy atom. The van der Waals surface area contributed by atoms with Crippen LogP contribution in [0.5, 0.6) is 0 Å². The first-order chi connectivity index (χ1) is 3.56. The summed E-state index contributed by atoms with van der Waals surface area (Å²) < 4.78 is 33.6. The van der Waals surface area contributed by atoms with E-state index in [0.717, 1.165) is 0 Å². The Hall–Kier alpha value is 0.599. The second kappa shape index (κ2) is 3.59. The third kappa shape index (κ3) is 6.60. The van der Waals surface area contributed by atoms with Gasteiger partial charge in [0, 0.05) is 0 Å². The quantitative estimate of drug-likeness (QED) is 0.483. The molecule has 5 heteroatoms. The van der Waals surface area contributed by atoms with Gasteiger partial charge in [-0.15, -0.1) is 0 Å². The van der Waals surface area contributed by atoms with Gasteiger partial charge >= 0.3 is 56.0 Å². The number of halogens is 4. The predicted molar refractivity (Wildman–Crippen MR) is 27.3 cm³/mol. The van der Waals surface area contributed by atoms with E-state index in [4.69, 9.17) is 11.6 Å². The van der Waals surface area contributed by atoms with Crippen molar-refractivity contribution in [3.8, 4) is 0 Å². The van der Waals surface area contributed by atoms with Crippen LogP contribution in [0.2, 0.25) is 5.32 Å². The number of hydrogen-bond donors (Lipinski definition) is 0. The minimum atomic E-state index is -3.97. The van der Waals surface area contributed by atoms with Gasteiger partial charge in [0.25, 0.3) is 0 Å². The molecule has 0 saturated carbocycles. The van der Waals surface area contributed by atoms with Gasteiger partial charge < -0.3 is 0 Å². The molecule has 0 N–H and O–H groups in total. The van der Waals surface area contributed by atoms with Gasteiger partial charge in [0.2, 0.25) is 0 Å². The first-order valence-corrected chi connectivity index (χ1v) is 4.43. The summed E-state index contributed by atoms with van der Waals surface area (Å²) in [5, 5.41) is -3.89. The van der Waals surface area contributed by atoms with E-state index in [9.17, 15) is 13.2 Å². The van der Waals surface area contributed by atoms with Gasteiger partial charge in [-0.1, -0.05) is 0 Å². The fourth-order valence-corrected chi connectivity index (χ4v) is 1.20. The number of alkyl halides is 4. The Labute approximate surface area is 56.5 Å². The van der Waals surface area contributed by atoms with Crippen LogP contribution < -0.4 is 0 Å². The summed E-state index contributed by atoms with van der Waals surface area (Å²) in [7, 11) is 0. The fraction of sp³-hybridized carbons (Fsp3) is 1.00.